The Kier molecular flexibility index (Phi) is 3.55. The Labute approximate surface area is 86.5 Å². The monoisotopic (exact) mass is 220 g/mol. The summed E-state index contributed by atoms with van der Waals surface area (Å²) in [5.41, 5.74) is -0.183. The summed E-state index contributed by atoms with van der Waals surface area (Å²) in [6.45, 7) is 7.45. The lowest BCUT2D eigenvalue weighted by molar-refractivity contribution is 0.454. The maximum atomic E-state index is 11.7. The fraction of sp³-hybridized carbons (Fsp3) is 1.00. The molecule has 0 aromatic rings. The third-order valence-corrected chi connectivity index (χ3v) is 3.97. The molecule has 0 aromatic carbocycles. The first-order valence-electron chi connectivity index (χ1n) is 4.99. The van der Waals surface area contributed by atoms with Gasteiger partial charge in [0, 0.05) is 12.6 Å². The van der Waals surface area contributed by atoms with E-state index in [1.807, 2.05) is 20.8 Å². The summed E-state index contributed by atoms with van der Waals surface area (Å²) in [5.74, 6) is 0.191. The van der Waals surface area contributed by atoms with E-state index in [0.717, 1.165) is 19.5 Å². The zero-order valence-corrected chi connectivity index (χ0v) is 9.95. The van der Waals surface area contributed by atoms with Crippen LogP contribution in [-0.2, 0) is 10.0 Å². The fourth-order valence-corrected chi connectivity index (χ4v) is 3.55. The largest absolute Gasteiger partial charge is 0.315 e. The van der Waals surface area contributed by atoms with Gasteiger partial charge < -0.3 is 5.32 Å². The minimum Gasteiger partial charge on any atom is -0.315 e. The number of nitrogens with one attached hydrogen (secondary N) is 2. The van der Waals surface area contributed by atoms with E-state index in [-0.39, 0.29) is 17.2 Å². The molecule has 1 aliphatic rings. The molecule has 0 spiro atoms. The van der Waals surface area contributed by atoms with E-state index in [2.05, 4.69) is 10.0 Å². The minimum atomic E-state index is -3.11. The standard InChI is InChI=1S/C9H20N2O2S/c1-9(2,3)7-14(12,13)11-8-4-5-10-6-8/h8,10-11H,4-7H2,1-3H3/t8-/m0/s1. The summed E-state index contributed by atoms with van der Waals surface area (Å²) in [5, 5.41) is 3.13. The second-order valence-corrected chi connectivity index (χ2v) is 6.88. The van der Waals surface area contributed by atoms with E-state index in [4.69, 9.17) is 0 Å². The van der Waals surface area contributed by atoms with Crippen LogP contribution < -0.4 is 10.0 Å². The van der Waals surface area contributed by atoms with Crippen LogP contribution >= 0.6 is 0 Å². The molecular formula is C9H20N2O2S. The van der Waals surface area contributed by atoms with Gasteiger partial charge in [-0.2, -0.15) is 0 Å². The summed E-state index contributed by atoms with van der Waals surface area (Å²) in [4.78, 5) is 0. The van der Waals surface area contributed by atoms with E-state index in [1.165, 1.54) is 0 Å². The average Bonchev–Trinajstić information content (AvgIpc) is 2.31. The van der Waals surface area contributed by atoms with Crippen LogP contribution in [0.4, 0.5) is 0 Å². The van der Waals surface area contributed by atoms with Crippen molar-refractivity contribution in [2.75, 3.05) is 18.8 Å². The predicted octanol–water partition coefficient (Wildman–Crippen LogP) is 0.314. The summed E-state index contributed by atoms with van der Waals surface area (Å²) in [6, 6.07) is 0.0855. The molecular weight excluding hydrogens is 200 g/mol. The van der Waals surface area contributed by atoms with Crippen molar-refractivity contribution in [3.8, 4) is 0 Å². The Morgan fingerprint density at radius 1 is 1.43 bits per heavy atom. The van der Waals surface area contributed by atoms with Gasteiger partial charge in [0.25, 0.3) is 0 Å². The Morgan fingerprint density at radius 3 is 2.50 bits per heavy atom. The van der Waals surface area contributed by atoms with Crippen LogP contribution in [0.25, 0.3) is 0 Å². The van der Waals surface area contributed by atoms with Crippen LogP contribution in [0, 0.1) is 5.41 Å². The van der Waals surface area contributed by atoms with Crippen LogP contribution in [0.1, 0.15) is 27.2 Å². The number of hydrogen-bond acceptors (Lipinski definition) is 3. The lowest BCUT2D eigenvalue weighted by Gasteiger charge is -2.20. The normalized spacial score (nSPS) is 24.1. The molecule has 0 unspecified atom stereocenters. The third-order valence-electron chi connectivity index (χ3n) is 2.03. The van der Waals surface area contributed by atoms with Crippen molar-refractivity contribution in [1.82, 2.24) is 10.0 Å². The highest BCUT2D eigenvalue weighted by molar-refractivity contribution is 7.89. The van der Waals surface area contributed by atoms with E-state index < -0.39 is 10.0 Å². The second-order valence-electron chi connectivity index (χ2n) is 5.13. The Morgan fingerprint density at radius 2 is 2.07 bits per heavy atom. The molecule has 2 N–H and O–H groups in total. The van der Waals surface area contributed by atoms with Crippen molar-refractivity contribution in [3.63, 3.8) is 0 Å². The predicted molar refractivity (Wildman–Crippen MR) is 57.7 cm³/mol. The molecule has 4 nitrogen and oxygen atoms in total. The lowest BCUT2D eigenvalue weighted by atomic mass is 10.0. The van der Waals surface area contributed by atoms with Gasteiger partial charge in [0.05, 0.1) is 5.75 Å². The van der Waals surface area contributed by atoms with Gasteiger partial charge in [-0.05, 0) is 18.4 Å². The zero-order valence-electron chi connectivity index (χ0n) is 9.13. The molecule has 1 atom stereocenters. The molecule has 1 saturated heterocycles. The number of sulfonamides is 1. The molecule has 1 heterocycles. The minimum absolute atomic E-state index is 0.0855. The van der Waals surface area contributed by atoms with Crippen LogP contribution in [0.5, 0.6) is 0 Å². The Balaban J connectivity index is 2.49. The molecule has 0 radical (unpaired) electrons. The van der Waals surface area contributed by atoms with E-state index in [0.29, 0.717) is 0 Å². The second kappa shape index (κ2) is 4.16. The number of rotatable bonds is 3. The first-order chi connectivity index (χ1) is 6.29. The van der Waals surface area contributed by atoms with Crippen molar-refractivity contribution in [3.05, 3.63) is 0 Å². The van der Waals surface area contributed by atoms with Crippen LogP contribution in [0.3, 0.4) is 0 Å². The highest BCUT2D eigenvalue weighted by atomic mass is 32.2. The molecule has 1 fully saturated rings. The first-order valence-corrected chi connectivity index (χ1v) is 6.64. The van der Waals surface area contributed by atoms with Crippen molar-refractivity contribution < 1.29 is 8.42 Å². The molecule has 84 valence electrons. The van der Waals surface area contributed by atoms with Gasteiger partial charge in [-0.25, -0.2) is 13.1 Å². The molecule has 0 aliphatic carbocycles. The molecule has 0 saturated carbocycles. The Bertz CT molecular complexity index is 274. The quantitative estimate of drug-likeness (QED) is 0.720. The molecule has 0 aromatic heterocycles. The smallest absolute Gasteiger partial charge is 0.212 e. The molecule has 5 heteroatoms. The summed E-state index contributed by atoms with van der Waals surface area (Å²) >= 11 is 0. The molecule has 0 bridgehead atoms. The maximum absolute atomic E-state index is 11.7. The Hall–Kier alpha value is -0.130. The highest BCUT2D eigenvalue weighted by Crippen LogP contribution is 2.16. The van der Waals surface area contributed by atoms with Gasteiger partial charge in [0.1, 0.15) is 0 Å². The van der Waals surface area contributed by atoms with Crippen LogP contribution in [0.2, 0.25) is 0 Å². The topological polar surface area (TPSA) is 58.2 Å². The third kappa shape index (κ3) is 4.39. The van der Waals surface area contributed by atoms with Crippen molar-refractivity contribution in [1.29, 1.82) is 0 Å². The maximum Gasteiger partial charge on any atom is 0.212 e. The summed E-state index contributed by atoms with van der Waals surface area (Å²) in [6.07, 6.45) is 0.892. The summed E-state index contributed by atoms with van der Waals surface area (Å²) in [7, 11) is -3.11. The van der Waals surface area contributed by atoms with Crippen molar-refractivity contribution in [2.24, 2.45) is 5.41 Å². The molecule has 0 amide bonds. The zero-order chi connectivity index (χ0) is 10.8. The van der Waals surface area contributed by atoms with E-state index >= 15 is 0 Å². The van der Waals surface area contributed by atoms with E-state index in [1.54, 1.807) is 0 Å². The van der Waals surface area contributed by atoms with Gasteiger partial charge in [0.2, 0.25) is 10.0 Å². The lowest BCUT2D eigenvalue weighted by Crippen LogP contribution is -2.40. The van der Waals surface area contributed by atoms with Gasteiger partial charge in [0.15, 0.2) is 0 Å². The number of hydrogen-bond donors (Lipinski definition) is 2. The average molecular weight is 220 g/mol. The highest BCUT2D eigenvalue weighted by Gasteiger charge is 2.25. The summed E-state index contributed by atoms with van der Waals surface area (Å²) < 4.78 is 26.0. The van der Waals surface area contributed by atoms with Crippen molar-refractivity contribution >= 4 is 10.0 Å². The van der Waals surface area contributed by atoms with Crippen LogP contribution in [0.15, 0.2) is 0 Å². The van der Waals surface area contributed by atoms with Gasteiger partial charge in [-0.1, -0.05) is 20.8 Å². The van der Waals surface area contributed by atoms with Gasteiger partial charge in [-0.15, -0.1) is 0 Å². The van der Waals surface area contributed by atoms with Crippen LogP contribution in [-0.4, -0.2) is 33.3 Å². The van der Waals surface area contributed by atoms with Crippen molar-refractivity contribution in [2.45, 2.75) is 33.2 Å². The molecule has 14 heavy (non-hydrogen) atoms. The molecule has 1 aliphatic heterocycles. The van der Waals surface area contributed by atoms with E-state index in [9.17, 15) is 8.42 Å². The SMILES string of the molecule is CC(C)(C)CS(=O)(=O)N[C@H]1CCNC1. The fourth-order valence-electron chi connectivity index (χ4n) is 1.62. The van der Waals surface area contributed by atoms with Gasteiger partial charge in [-0.3, -0.25) is 0 Å². The van der Waals surface area contributed by atoms with Gasteiger partial charge >= 0.3 is 0 Å². The first kappa shape index (κ1) is 11.9. The molecule has 1 rings (SSSR count).